The number of aryl methyl sites for hydroxylation is 1. The van der Waals surface area contributed by atoms with Crippen molar-refractivity contribution in [3.63, 3.8) is 0 Å². The lowest BCUT2D eigenvalue weighted by Crippen LogP contribution is -2.38. The second kappa shape index (κ2) is 7.47. The topological polar surface area (TPSA) is 63.3 Å². The monoisotopic (exact) mass is 370 g/mol. The fourth-order valence-electron chi connectivity index (χ4n) is 3.44. The first-order valence-corrected chi connectivity index (χ1v) is 9.74. The van der Waals surface area contributed by atoms with Crippen LogP contribution in [-0.4, -0.2) is 33.7 Å². The van der Waals surface area contributed by atoms with Gasteiger partial charge < -0.3 is 9.73 Å². The van der Waals surface area contributed by atoms with Crippen molar-refractivity contribution in [3.8, 4) is 0 Å². The number of amides is 1. The van der Waals surface area contributed by atoms with Crippen LogP contribution in [0.15, 0.2) is 45.6 Å². The Hall–Kier alpha value is -2.38. The zero-order valence-corrected chi connectivity index (χ0v) is 15.5. The van der Waals surface area contributed by atoms with Gasteiger partial charge in [0.1, 0.15) is 11.5 Å². The third-order valence-electron chi connectivity index (χ3n) is 4.67. The van der Waals surface area contributed by atoms with Crippen molar-refractivity contribution in [1.82, 2.24) is 20.0 Å². The van der Waals surface area contributed by atoms with Crippen molar-refractivity contribution in [3.05, 3.63) is 64.0 Å². The fourth-order valence-corrected chi connectivity index (χ4v) is 4.07. The van der Waals surface area contributed by atoms with E-state index in [1.165, 1.54) is 17.0 Å². The molecule has 1 N–H and O–H groups in total. The normalized spacial score (nSPS) is 17.2. The van der Waals surface area contributed by atoms with Crippen molar-refractivity contribution < 1.29 is 9.21 Å². The predicted molar refractivity (Wildman–Crippen MR) is 100 cm³/mol. The molecule has 1 aliphatic heterocycles. The van der Waals surface area contributed by atoms with Crippen molar-refractivity contribution >= 4 is 17.2 Å². The van der Waals surface area contributed by atoms with Crippen molar-refractivity contribution in [2.24, 2.45) is 0 Å². The lowest BCUT2D eigenvalue weighted by atomic mass is 10.1. The van der Waals surface area contributed by atoms with Crippen LogP contribution in [0.1, 0.15) is 40.0 Å². The first kappa shape index (κ1) is 17.1. The average Bonchev–Trinajstić information content (AvgIpc) is 3.36. The third-order valence-corrected chi connectivity index (χ3v) is 5.36. The van der Waals surface area contributed by atoms with Crippen LogP contribution in [0, 0.1) is 6.92 Å². The molecule has 3 aromatic heterocycles. The van der Waals surface area contributed by atoms with E-state index >= 15 is 0 Å². The van der Waals surface area contributed by atoms with Crippen LogP contribution in [-0.2, 0) is 13.1 Å². The van der Waals surface area contributed by atoms with Crippen LogP contribution >= 0.6 is 11.3 Å². The number of hydrogen-bond donors (Lipinski definition) is 1. The molecular weight excluding hydrogens is 348 g/mol. The molecule has 4 heterocycles. The molecule has 26 heavy (non-hydrogen) atoms. The SMILES string of the molecule is Cc1ccc(CN2Cc3ccnn3[C@@H](CCNC(=O)c3ccsc3)C2)o1. The van der Waals surface area contributed by atoms with Gasteiger partial charge >= 0.3 is 0 Å². The number of nitrogens with one attached hydrogen (secondary N) is 1. The van der Waals surface area contributed by atoms with Gasteiger partial charge in [0, 0.05) is 36.8 Å². The lowest BCUT2D eigenvalue weighted by molar-refractivity contribution is 0.0947. The molecule has 0 aromatic carbocycles. The molecule has 0 saturated carbocycles. The Morgan fingerprint density at radius 3 is 3.08 bits per heavy atom. The first-order valence-electron chi connectivity index (χ1n) is 8.79. The molecule has 4 rings (SSSR count). The molecule has 136 valence electrons. The second-order valence-electron chi connectivity index (χ2n) is 6.66. The number of hydrogen-bond acceptors (Lipinski definition) is 5. The quantitative estimate of drug-likeness (QED) is 0.724. The largest absolute Gasteiger partial charge is 0.465 e. The zero-order chi connectivity index (χ0) is 17.9. The summed E-state index contributed by atoms with van der Waals surface area (Å²) < 4.78 is 7.82. The summed E-state index contributed by atoms with van der Waals surface area (Å²) in [5.74, 6) is 1.92. The zero-order valence-electron chi connectivity index (χ0n) is 14.7. The van der Waals surface area contributed by atoms with E-state index in [0.717, 1.165) is 43.1 Å². The summed E-state index contributed by atoms with van der Waals surface area (Å²) in [7, 11) is 0. The van der Waals surface area contributed by atoms with Gasteiger partial charge in [0.15, 0.2) is 0 Å². The van der Waals surface area contributed by atoms with Gasteiger partial charge in [-0.05, 0) is 43.0 Å². The third kappa shape index (κ3) is 3.73. The number of aromatic nitrogens is 2. The molecule has 0 fully saturated rings. The Bertz CT molecular complexity index is 868. The van der Waals surface area contributed by atoms with E-state index in [0.29, 0.717) is 6.54 Å². The molecule has 0 unspecified atom stereocenters. The summed E-state index contributed by atoms with van der Waals surface area (Å²) in [6, 6.07) is 8.20. The highest BCUT2D eigenvalue weighted by Gasteiger charge is 2.26. The number of thiophene rings is 1. The predicted octanol–water partition coefficient (Wildman–Crippen LogP) is 3.22. The Morgan fingerprint density at radius 2 is 2.31 bits per heavy atom. The Morgan fingerprint density at radius 1 is 1.38 bits per heavy atom. The number of rotatable bonds is 6. The van der Waals surface area contributed by atoms with Gasteiger partial charge in [-0.25, -0.2) is 0 Å². The number of furan rings is 1. The van der Waals surface area contributed by atoms with Gasteiger partial charge in [-0.1, -0.05) is 0 Å². The van der Waals surface area contributed by atoms with Crippen molar-refractivity contribution in [1.29, 1.82) is 0 Å². The standard InChI is InChI=1S/C19H22N4O2S/c1-14-2-3-18(25-14)12-22-10-16(23-17(11-22)5-8-21-23)4-7-20-19(24)15-6-9-26-13-15/h2-3,5-6,8-9,13,16H,4,7,10-12H2,1H3,(H,20,24)/t16-/m0/s1. The molecule has 0 aliphatic carbocycles. The summed E-state index contributed by atoms with van der Waals surface area (Å²) in [5, 5.41) is 11.3. The van der Waals surface area contributed by atoms with E-state index < -0.39 is 0 Å². The van der Waals surface area contributed by atoms with Crippen molar-refractivity contribution in [2.45, 2.75) is 32.5 Å². The van der Waals surface area contributed by atoms with E-state index in [1.54, 1.807) is 0 Å². The smallest absolute Gasteiger partial charge is 0.252 e. The van der Waals surface area contributed by atoms with Crippen LogP contribution < -0.4 is 5.32 Å². The van der Waals surface area contributed by atoms with Gasteiger partial charge in [-0.3, -0.25) is 14.4 Å². The summed E-state index contributed by atoms with van der Waals surface area (Å²) in [4.78, 5) is 14.5. The van der Waals surface area contributed by atoms with Crippen LogP contribution in [0.3, 0.4) is 0 Å². The molecule has 7 heteroatoms. The Kier molecular flexibility index (Phi) is 4.90. The minimum Gasteiger partial charge on any atom is -0.465 e. The molecule has 1 atom stereocenters. The maximum atomic E-state index is 12.1. The first-order chi connectivity index (χ1) is 12.7. The van der Waals surface area contributed by atoms with Gasteiger partial charge in [-0.15, -0.1) is 0 Å². The Labute approximate surface area is 156 Å². The maximum absolute atomic E-state index is 12.1. The van der Waals surface area contributed by atoms with Crippen LogP contribution in [0.2, 0.25) is 0 Å². The molecule has 0 saturated heterocycles. The van der Waals surface area contributed by atoms with Crippen molar-refractivity contribution in [2.75, 3.05) is 13.1 Å². The van der Waals surface area contributed by atoms with E-state index in [-0.39, 0.29) is 11.9 Å². The fraction of sp³-hybridized carbons (Fsp3) is 0.368. The average molecular weight is 370 g/mol. The van der Waals surface area contributed by atoms with E-state index in [4.69, 9.17) is 4.42 Å². The van der Waals surface area contributed by atoms with Gasteiger partial charge in [0.25, 0.3) is 5.91 Å². The summed E-state index contributed by atoms with van der Waals surface area (Å²) >= 11 is 1.53. The number of nitrogens with zero attached hydrogens (tertiary/aromatic N) is 3. The second-order valence-corrected chi connectivity index (χ2v) is 7.44. The van der Waals surface area contributed by atoms with Crippen LogP contribution in [0.5, 0.6) is 0 Å². The van der Waals surface area contributed by atoms with Gasteiger partial charge in [-0.2, -0.15) is 16.4 Å². The van der Waals surface area contributed by atoms with E-state index in [1.807, 2.05) is 42.1 Å². The summed E-state index contributed by atoms with van der Waals surface area (Å²) in [6.45, 7) is 5.14. The molecule has 1 amide bonds. The number of fused-ring (bicyclic) bond motifs is 1. The Balaban J connectivity index is 1.37. The van der Waals surface area contributed by atoms with Gasteiger partial charge in [0.2, 0.25) is 0 Å². The molecule has 0 spiro atoms. The van der Waals surface area contributed by atoms with Gasteiger partial charge in [0.05, 0.1) is 18.3 Å². The molecule has 6 nitrogen and oxygen atoms in total. The minimum absolute atomic E-state index is 0.00864. The molecule has 3 aromatic rings. The minimum atomic E-state index is -0.00864. The van der Waals surface area contributed by atoms with E-state index in [2.05, 4.69) is 26.1 Å². The van der Waals surface area contributed by atoms with Crippen LogP contribution in [0.4, 0.5) is 0 Å². The van der Waals surface area contributed by atoms with Crippen LogP contribution in [0.25, 0.3) is 0 Å². The summed E-state index contributed by atoms with van der Waals surface area (Å²) in [5.41, 5.74) is 1.93. The molecular formula is C19H22N4O2S. The number of carbonyl (C=O) groups excluding carboxylic acids is 1. The highest BCUT2D eigenvalue weighted by atomic mass is 32.1. The lowest BCUT2D eigenvalue weighted by Gasteiger charge is -2.33. The maximum Gasteiger partial charge on any atom is 0.252 e. The summed E-state index contributed by atoms with van der Waals surface area (Å²) in [6.07, 6.45) is 2.70. The molecule has 0 bridgehead atoms. The van der Waals surface area contributed by atoms with E-state index in [9.17, 15) is 4.79 Å². The highest BCUT2D eigenvalue weighted by Crippen LogP contribution is 2.24. The molecule has 0 radical (unpaired) electrons. The highest BCUT2D eigenvalue weighted by molar-refractivity contribution is 7.08. The molecule has 1 aliphatic rings. The number of carbonyl (C=O) groups is 1.